The predicted molar refractivity (Wildman–Crippen MR) is 67.3 cm³/mol. The van der Waals surface area contributed by atoms with E-state index in [1.165, 1.54) is 0 Å². The molecule has 0 bridgehead atoms. The molecule has 2 rings (SSSR count). The summed E-state index contributed by atoms with van der Waals surface area (Å²) in [5.74, 6) is 0.377. The molecule has 0 aromatic heterocycles. The molecule has 0 radical (unpaired) electrons. The summed E-state index contributed by atoms with van der Waals surface area (Å²) in [6, 6.07) is 5.64. The number of nitrogens with two attached hydrogens (primary N) is 2. The van der Waals surface area contributed by atoms with Crippen molar-refractivity contribution in [2.75, 3.05) is 29.5 Å². The number of hydrogen-bond acceptors (Lipinski definition) is 4. The van der Waals surface area contributed by atoms with Crippen molar-refractivity contribution < 1.29 is 5.11 Å². The lowest BCUT2D eigenvalue weighted by molar-refractivity contribution is 0.103. The molecule has 1 aromatic rings. The zero-order valence-electron chi connectivity index (χ0n) is 9.56. The van der Waals surface area contributed by atoms with E-state index in [0.29, 0.717) is 23.8 Å². The van der Waals surface area contributed by atoms with Crippen molar-refractivity contribution >= 4 is 17.1 Å². The van der Waals surface area contributed by atoms with Gasteiger partial charge in [-0.2, -0.15) is 0 Å². The molecule has 2 unspecified atom stereocenters. The fraction of sp³-hybridized carbons (Fsp3) is 0.500. The maximum Gasteiger partial charge on any atom is 0.0741 e. The number of aliphatic hydroxyl groups is 1. The molecule has 16 heavy (non-hydrogen) atoms. The Labute approximate surface area is 95.8 Å². The molecule has 1 aliphatic rings. The molecule has 2 atom stereocenters. The standard InChI is InChI=1S/C12H19N3O/c1-8-4-5-15(7-12(8)16)9-2-3-10(13)11(14)6-9/h2-3,6,8,12,16H,4-5,7,13-14H2,1H3. The van der Waals surface area contributed by atoms with E-state index in [0.717, 1.165) is 18.7 Å². The summed E-state index contributed by atoms with van der Waals surface area (Å²) in [4.78, 5) is 2.15. The van der Waals surface area contributed by atoms with Crippen LogP contribution in [0.1, 0.15) is 13.3 Å². The van der Waals surface area contributed by atoms with E-state index >= 15 is 0 Å². The Bertz CT molecular complexity index is 381. The van der Waals surface area contributed by atoms with Crippen LogP contribution in [0.2, 0.25) is 0 Å². The second-order valence-electron chi connectivity index (χ2n) is 4.59. The molecule has 1 fully saturated rings. The number of anilines is 3. The third-order valence-corrected chi connectivity index (χ3v) is 3.35. The van der Waals surface area contributed by atoms with Gasteiger partial charge in [-0.3, -0.25) is 0 Å². The van der Waals surface area contributed by atoms with Crippen molar-refractivity contribution in [3.63, 3.8) is 0 Å². The van der Waals surface area contributed by atoms with Crippen molar-refractivity contribution in [2.24, 2.45) is 5.92 Å². The normalized spacial score (nSPS) is 25.8. The second kappa shape index (κ2) is 4.22. The maximum atomic E-state index is 9.84. The van der Waals surface area contributed by atoms with E-state index in [4.69, 9.17) is 11.5 Å². The van der Waals surface area contributed by atoms with Gasteiger partial charge in [-0.15, -0.1) is 0 Å². The van der Waals surface area contributed by atoms with E-state index in [2.05, 4.69) is 11.8 Å². The van der Waals surface area contributed by atoms with Crippen LogP contribution in [0, 0.1) is 5.92 Å². The minimum Gasteiger partial charge on any atom is -0.397 e. The Morgan fingerprint density at radius 3 is 2.69 bits per heavy atom. The van der Waals surface area contributed by atoms with Gasteiger partial charge in [-0.05, 0) is 30.5 Å². The fourth-order valence-electron chi connectivity index (χ4n) is 2.04. The van der Waals surface area contributed by atoms with Crippen molar-refractivity contribution in [1.29, 1.82) is 0 Å². The van der Waals surface area contributed by atoms with Crippen LogP contribution in [0.4, 0.5) is 17.1 Å². The van der Waals surface area contributed by atoms with Gasteiger partial charge in [-0.1, -0.05) is 6.92 Å². The molecule has 88 valence electrons. The Balaban J connectivity index is 2.15. The number of aliphatic hydroxyl groups excluding tert-OH is 1. The topological polar surface area (TPSA) is 75.5 Å². The predicted octanol–water partition coefficient (Wildman–Crippen LogP) is 1.06. The van der Waals surface area contributed by atoms with Gasteiger partial charge in [0.1, 0.15) is 0 Å². The highest BCUT2D eigenvalue weighted by atomic mass is 16.3. The summed E-state index contributed by atoms with van der Waals surface area (Å²) < 4.78 is 0. The lowest BCUT2D eigenvalue weighted by Gasteiger charge is -2.36. The molecule has 1 saturated heterocycles. The molecule has 1 heterocycles. The minimum absolute atomic E-state index is 0.257. The molecule has 0 spiro atoms. The van der Waals surface area contributed by atoms with Crippen molar-refractivity contribution in [3.8, 4) is 0 Å². The highest BCUT2D eigenvalue weighted by molar-refractivity contribution is 5.69. The van der Waals surface area contributed by atoms with Gasteiger partial charge in [0.15, 0.2) is 0 Å². The molecule has 0 saturated carbocycles. The van der Waals surface area contributed by atoms with Crippen LogP contribution in [0.25, 0.3) is 0 Å². The Kier molecular flexibility index (Phi) is 2.92. The molecule has 5 N–H and O–H groups in total. The Morgan fingerprint density at radius 1 is 1.31 bits per heavy atom. The number of hydrogen-bond donors (Lipinski definition) is 3. The van der Waals surface area contributed by atoms with E-state index in [1.54, 1.807) is 0 Å². The highest BCUT2D eigenvalue weighted by Gasteiger charge is 2.24. The monoisotopic (exact) mass is 221 g/mol. The zero-order valence-corrected chi connectivity index (χ0v) is 9.56. The number of rotatable bonds is 1. The number of β-amino-alcohol motifs (C(OH)–C–C–N with tert-alkyl or cyclic N) is 1. The minimum atomic E-state index is -0.257. The average Bonchev–Trinajstić information content (AvgIpc) is 2.26. The average molecular weight is 221 g/mol. The number of benzene rings is 1. The van der Waals surface area contributed by atoms with Gasteiger partial charge in [-0.25, -0.2) is 0 Å². The quantitative estimate of drug-likeness (QED) is 0.620. The summed E-state index contributed by atoms with van der Waals surface area (Å²) in [5.41, 5.74) is 13.7. The van der Waals surface area contributed by atoms with Gasteiger partial charge < -0.3 is 21.5 Å². The number of nitrogen functional groups attached to an aromatic ring is 2. The lowest BCUT2D eigenvalue weighted by Crippen LogP contribution is -2.42. The third kappa shape index (κ3) is 2.07. The molecular weight excluding hydrogens is 202 g/mol. The Hall–Kier alpha value is -1.42. The summed E-state index contributed by atoms with van der Waals surface area (Å²) in [5, 5.41) is 9.84. The van der Waals surface area contributed by atoms with E-state index in [1.807, 2.05) is 18.2 Å². The van der Waals surface area contributed by atoms with Gasteiger partial charge in [0, 0.05) is 18.8 Å². The Morgan fingerprint density at radius 2 is 2.06 bits per heavy atom. The zero-order chi connectivity index (χ0) is 11.7. The maximum absolute atomic E-state index is 9.84. The molecule has 0 amide bonds. The first kappa shape index (κ1) is 11.1. The van der Waals surface area contributed by atoms with Crippen molar-refractivity contribution in [1.82, 2.24) is 0 Å². The molecule has 1 aliphatic heterocycles. The first-order chi connectivity index (χ1) is 7.58. The molecule has 4 heteroatoms. The first-order valence-corrected chi connectivity index (χ1v) is 5.66. The van der Waals surface area contributed by atoms with Gasteiger partial charge >= 0.3 is 0 Å². The highest BCUT2D eigenvalue weighted by Crippen LogP contribution is 2.27. The van der Waals surface area contributed by atoms with Crippen LogP contribution >= 0.6 is 0 Å². The van der Waals surface area contributed by atoms with E-state index in [9.17, 15) is 5.11 Å². The summed E-state index contributed by atoms with van der Waals surface area (Å²) in [6.45, 7) is 3.71. The summed E-state index contributed by atoms with van der Waals surface area (Å²) >= 11 is 0. The fourth-order valence-corrected chi connectivity index (χ4v) is 2.04. The number of piperidine rings is 1. The van der Waals surface area contributed by atoms with Crippen LogP contribution in [0.5, 0.6) is 0 Å². The largest absolute Gasteiger partial charge is 0.397 e. The van der Waals surface area contributed by atoms with E-state index < -0.39 is 0 Å². The summed E-state index contributed by atoms with van der Waals surface area (Å²) in [6.07, 6.45) is 0.748. The van der Waals surface area contributed by atoms with Gasteiger partial charge in [0.25, 0.3) is 0 Å². The molecule has 1 aromatic carbocycles. The SMILES string of the molecule is CC1CCN(c2ccc(N)c(N)c2)CC1O. The van der Waals surface area contributed by atoms with Crippen LogP contribution < -0.4 is 16.4 Å². The third-order valence-electron chi connectivity index (χ3n) is 3.35. The van der Waals surface area contributed by atoms with Crippen molar-refractivity contribution in [2.45, 2.75) is 19.4 Å². The van der Waals surface area contributed by atoms with Crippen molar-refractivity contribution in [3.05, 3.63) is 18.2 Å². The molecule has 0 aliphatic carbocycles. The van der Waals surface area contributed by atoms with Gasteiger partial charge in [0.2, 0.25) is 0 Å². The van der Waals surface area contributed by atoms with E-state index in [-0.39, 0.29) is 6.10 Å². The first-order valence-electron chi connectivity index (χ1n) is 5.66. The van der Waals surface area contributed by atoms with Crippen LogP contribution in [0.15, 0.2) is 18.2 Å². The van der Waals surface area contributed by atoms with Crippen LogP contribution in [0.3, 0.4) is 0 Å². The summed E-state index contributed by atoms with van der Waals surface area (Å²) in [7, 11) is 0. The van der Waals surface area contributed by atoms with Gasteiger partial charge in [0.05, 0.1) is 17.5 Å². The smallest absolute Gasteiger partial charge is 0.0741 e. The van der Waals surface area contributed by atoms with Crippen LogP contribution in [-0.2, 0) is 0 Å². The van der Waals surface area contributed by atoms with Crippen LogP contribution in [-0.4, -0.2) is 24.3 Å². The molecular formula is C12H19N3O. The lowest BCUT2D eigenvalue weighted by atomic mass is 9.95. The second-order valence-corrected chi connectivity index (χ2v) is 4.59. The molecule has 4 nitrogen and oxygen atoms in total. The number of nitrogens with zero attached hydrogens (tertiary/aromatic N) is 1.